The van der Waals surface area contributed by atoms with Gasteiger partial charge >= 0.3 is 5.97 Å². The van der Waals surface area contributed by atoms with Crippen LogP contribution in [0, 0.1) is 12.2 Å². The van der Waals surface area contributed by atoms with E-state index in [-0.39, 0.29) is 11.3 Å². The second-order valence-corrected chi connectivity index (χ2v) is 2.81. The maximum absolute atomic E-state index is 13.2. The van der Waals surface area contributed by atoms with Gasteiger partial charge in [-0.25, -0.2) is 4.39 Å². The lowest BCUT2D eigenvalue weighted by Gasteiger charge is -2.06. The lowest BCUT2D eigenvalue weighted by Crippen LogP contribution is -2.10. The number of carbonyl (C=O) groups excluding carboxylic acids is 2. The Bertz CT molecular complexity index is 374. The van der Waals surface area contributed by atoms with Crippen molar-refractivity contribution < 1.29 is 18.7 Å². The third kappa shape index (κ3) is 2.87. The van der Waals surface area contributed by atoms with Crippen molar-refractivity contribution >= 4 is 12.3 Å². The van der Waals surface area contributed by atoms with Crippen LogP contribution >= 0.6 is 0 Å². The molecule has 0 bridgehead atoms. The molecule has 0 aliphatic carbocycles. The molecule has 0 aromatic heterocycles. The van der Waals surface area contributed by atoms with Gasteiger partial charge in [0.05, 0.1) is 12.0 Å². The Kier molecular flexibility index (Phi) is 3.97. The summed E-state index contributed by atoms with van der Waals surface area (Å²) in [6, 6.07) is 3.88. The van der Waals surface area contributed by atoms with Crippen LogP contribution in [0.5, 0.6) is 5.75 Å². The van der Waals surface area contributed by atoms with E-state index in [0.29, 0.717) is 12.7 Å². The van der Waals surface area contributed by atoms with E-state index < -0.39 is 11.8 Å². The van der Waals surface area contributed by atoms with Crippen LogP contribution < -0.4 is 4.74 Å². The summed E-state index contributed by atoms with van der Waals surface area (Å²) in [6.45, 7) is 1.75. The number of halogens is 1. The maximum atomic E-state index is 13.2. The second-order valence-electron chi connectivity index (χ2n) is 2.81. The van der Waals surface area contributed by atoms with Crippen molar-refractivity contribution in [3.63, 3.8) is 0 Å². The highest BCUT2D eigenvalue weighted by Gasteiger charge is 2.13. The summed E-state index contributed by atoms with van der Waals surface area (Å²) in [5, 5.41) is 0. The Labute approximate surface area is 86.9 Å². The molecule has 0 atom stereocenters. The highest BCUT2D eigenvalue weighted by atomic mass is 19.1. The molecule has 0 aliphatic rings. The summed E-state index contributed by atoms with van der Waals surface area (Å²) in [7, 11) is 0. The molecule has 1 aromatic carbocycles. The van der Waals surface area contributed by atoms with Crippen LogP contribution in [0.3, 0.4) is 0 Å². The van der Waals surface area contributed by atoms with Crippen LogP contribution in [0.2, 0.25) is 0 Å². The first kappa shape index (κ1) is 11.4. The van der Waals surface area contributed by atoms with E-state index in [1.54, 1.807) is 6.92 Å². The average Bonchev–Trinajstić information content (AvgIpc) is 2.21. The van der Waals surface area contributed by atoms with Crippen molar-refractivity contribution in [1.29, 1.82) is 0 Å². The second kappa shape index (κ2) is 5.24. The highest BCUT2D eigenvalue weighted by Crippen LogP contribution is 2.21. The third-order valence-electron chi connectivity index (χ3n) is 1.70. The minimum absolute atomic E-state index is 0.0212. The zero-order valence-electron chi connectivity index (χ0n) is 8.20. The molecule has 0 unspecified atom stereocenters. The summed E-state index contributed by atoms with van der Waals surface area (Å²) < 4.78 is 17.9. The lowest BCUT2D eigenvalue weighted by molar-refractivity contribution is -0.130. The molecule has 0 saturated heterocycles. The maximum Gasteiger partial charge on any atom is 0.315 e. The zero-order chi connectivity index (χ0) is 11.3. The molecule has 79 valence electrons. The minimum atomic E-state index is -0.725. The molecule has 15 heavy (non-hydrogen) atoms. The number of para-hydroxylation sites is 1. The fourth-order valence-corrected chi connectivity index (χ4v) is 1.03. The normalized spacial score (nSPS) is 9.73. The van der Waals surface area contributed by atoms with Crippen LogP contribution in [0.15, 0.2) is 18.2 Å². The smallest absolute Gasteiger partial charge is 0.315 e. The van der Waals surface area contributed by atoms with Gasteiger partial charge in [-0.1, -0.05) is 13.0 Å². The van der Waals surface area contributed by atoms with Gasteiger partial charge in [0.25, 0.3) is 0 Å². The summed E-state index contributed by atoms with van der Waals surface area (Å²) in [6.07, 6.45) is 2.20. The molecular formula is C11H10FO3. The first-order valence-electron chi connectivity index (χ1n) is 4.47. The van der Waals surface area contributed by atoms with Crippen molar-refractivity contribution in [2.75, 3.05) is 0 Å². The van der Waals surface area contributed by atoms with Crippen LogP contribution in [0.4, 0.5) is 4.39 Å². The Morgan fingerprint density at radius 1 is 1.53 bits per heavy atom. The SMILES string of the molecule is CC[CH]C(=O)Oc1c(F)cccc1C=O. The van der Waals surface area contributed by atoms with E-state index in [1.165, 1.54) is 18.6 Å². The largest absolute Gasteiger partial charge is 0.422 e. The molecule has 0 N–H and O–H groups in total. The molecule has 0 saturated carbocycles. The van der Waals surface area contributed by atoms with Gasteiger partial charge in [-0.2, -0.15) is 0 Å². The van der Waals surface area contributed by atoms with Gasteiger partial charge in [0.15, 0.2) is 17.9 Å². The van der Waals surface area contributed by atoms with Gasteiger partial charge in [-0.15, -0.1) is 0 Å². The number of benzene rings is 1. The molecule has 0 amide bonds. The number of ether oxygens (including phenoxy) is 1. The highest BCUT2D eigenvalue weighted by molar-refractivity contribution is 5.85. The van der Waals surface area contributed by atoms with E-state index in [2.05, 4.69) is 0 Å². The van der Waals surface area contributed by atoms with Crippen molar-refractivity contribution in [3.05, 3.63) is 36.0 Å². The average molecular weight is 209 g/mol. The molecular weight excluding hydrogens is 199 g/mol. The zero-order valence-corrected chi connectivity index (χ0v) is 8.20. The molecule has 1 aromatic rings. The summed E-state index contributed by atoms with van der Waals surface area (Å²) >= 11 is 0. The Hall–Kier alpha value is -1.71. The molecule has 0 heterocycles. The Balaban J connectivity index is 2.92. The van der Waals surface area contributed by atoms with Crippen LogP contribution in [-0.4, -0.2) is 12.3 Å². The van der Waals surface area contributed by atoms with Gasteiger partial charge in [0.1, 0.15) is 0 Å². The molecule has 4 heteroatoms. The molecule has 0 aliphatic heterocycles. The molecule has 0 spiro atoms. The van der Waals surface area contributed by atoms with Gasteiger partial charge in [0.2, 0.25) is 0 Å². The summed E-state index contributed by atoms with van der Waals surface area (Å²) in [4.78, 5) is 21.6. The van der Waals surface area contributed by atoms with Gasteiger partial charge in [-0.3, -0.25) is 9.59 Å². The van der Waals surface area contributed by atoms with Crippen molar-refractivity contribution in [3.8, 4) is 5.75 Å². The topological polar surface area (TPSA) is 43.4 Å². The number of carbonyl (C=O) groups is 2. The van der Waals surface area contributed by atoms with Crippen molar-refractivity contribution in [2.24, 2.45) is 0 Å². The number of rotatable bonds is 4. The number of hydrogen-bond acceptors (Lipinski definition) is 3. The van der Waals surface area contributed by atoms with Crippen LogP contribution in [0.1, 0.15) is 23.7 Å². The van der Waals surface area contributed by atoms with Crippen LogP contribution in [-0.2, 0) is 4.79 Å². The van der Waals surface area contributed by atoms with Crippen molar-refractivity contribution in [1.82, 2.24) is 0 Å². The quantitative estimate of drug-likeness (QED) is 0.433. The van der Waals surface area contributed by atoms with Gasteiger partial charge in [-0.05, 0) is 18.6 Å². The fraction of sp³-hybridized carbons (Fsp3) is 0.182. The molecule has 3 nitrogen and oxygen atoms in total. The van der Waals surface area contributed by atoms with Gasteiger partial charge in [0, 0.05) is 0 Å². The lowest BCUT2D eigenvalue weighted by atomic mass is 10.2. The van der Waals surface area contributed by atoms with E-state index in [0.717, 1.165) is 6.07 Å². The monoisotopic (exact) mass is 209 g/mol. The minimum Gasteiger partial charge on any atom is -0.422 e. The number of esters is 1. The first-order chi connectivity index (χ1) is 7.19. The van der Waals surface area contributed by atoms with Gasteiger partial charge < -0.3 is 4.74 Å². The molecule has 0 fully saturated rings. The summed E-state index contributed by atoms with van der Waals surface area (Å²) in [5.74, 6) is -1.70. The Morgan fingerprint density at radius 3 is 2.87 bits per heavy atom. The van der Waals surface area contributed by atoms with Crippen molar-refractivity contribution in [2.45, 2.75) is 13.3 Å². The predicted octanol–water partition coefficient (Wildman–Crippen LogP) is 2.16. The van der Waals surface area contributed by atoms with Crippen LogP contribution in [0.25, 0.3) is 0 Å². The number of aldehydes is 1. The molecule has 1 rings (SSSR count). The Morgan fingerprint density at radius 2 is 2.27 bits per heavy atom. The fourth-order valence-electron chi connectivity index (χ4n) is 1.03. The predicted molar refractivity (Wildman–Crippen MR) is 52.0 cm³/mol. The third-order valence-corrected chi connectivity index (χ3v) is 1.70. The first-order valence-corrected chi connectivity index (χ1v) is 4.47. The van der Waals surface area contributed by atoms with E-state index in [4.69, 9.17) is 4.74 Å². The standard InChI is InChI=1S/C11H10FO3/c1-2-4-10(14)15-11-8(7-13)5-3-6-9(11)12/h3-7H,2H2,1H3. The molecule has 1 radical (unpaired) electrons. The number of hydrogen-bond donors (Lipinski definition) is 0. The van der Waals surface area contributed by atoms with E-state index >= 15 is 0 Å². The van der Waals surface area contributed by atoms with E-state index in [9.17, 15) is 14.0 Å². The summed E-state index contributed by atoms with van der Waals surface area (Å²) in [5.41, 5.74) is 0.0212. The van der Waals surface area contributed by atoms with E-state index in [1.807, 2.05) is 0 Å².